The van der Waals surface area contributed by atoms with Crippen molar-refractivity contribution in [3.8, 4) is 148 Å². The van der Waals surface area contributed by atoms with E-state index in [1.54, 1.807) is 129 Å². The summed E-state index contributed by atoms with van der Waals surface area (Å²) >= 11 is 0. The molecule has 0 aromatic heterocycles. The summed E-state index contributed by atoms with van der Waals surface area (Å²) in [4.78, 5) is 0. The summed E-state index contributed by atoms with van der Waals surface area (Å²) in [7, 11) is 0. The molecule has 0 N–H and O–H groups in total. The number of aryl methyl sites for hydroxylation is 7. The number of benzene rings is 17. The van der Waals surface area contributed by atoms with Crippen LogP contribution >= 0.6 is 0 Å². The lowest BCUT2D eigenvalue weighted by molar-refractivity contribution is 0.462. The number of para-hydroxylation sites is 2. The van der Waals surface area contributed by atoms with Gasteiger partial charge in [-0.3, -0.25) is 0 Å². The maximum absolute atomic E-state index is 9.52. The molecule has 17 aromatic rings. The van der Waals surface area contributed by atoms with E-state index in [0.29, 0.717) is 61.3 Å². The third kappa shape index (κ3) is 15.8. The second-order valence-corrected chi connectivity index (χ2v) is 38.4. The minimum Gasteiger partial charge on any atom is -0.458 e. The van der Waals surface area contributed by atoms with E-state index in [4.69, 9.17) is 85.9 Å². The SMILES string of the molecule is [2H]c1c(C)c([2H])c2c3c1Oc1ccc(C(C)(C)C([2H])([2H])[2H])cc1B3c1cc(C(C)(C([2H])([2H])[2H])C([2H])([2H])[2H])ccc1O2.[2H]c1c([2H])c(C(C)(C)C)c([2H])c2c1Oc1c([2H])c(-c3c(C)cc(C([2H])([2H])[2H])cc3C([2H])([2H])[2H])c([2H])c3c1B2c1c([2H])c(C(C)(C)C)c([2H])c([2H])c1O3.[2H]c1c([2H])c2c3c(c1[2H])Oc1c([2H])c(-c4ccccc4C)c([2H])c([2H])c1B3c1c([2H])c([2H])c(-c3ccccc3C)c([2H])c1O2.[2H]c1c([2H])c2c3c(c1[2H])Oc1c(c([2H])c([2H])c([2H])c1-c1cccc(C)c1)B3c1c([2H])c([2H])c([2H])c(-c3cccc(C)c3)c1O2. The number of ether oxygens (including phenoxy) is 8. The quantitative estimate of drug-likeness (QED) is 0.158. The van der Waals surface area contributed by atoms with Crippen LogP contribution in [-0.2, 0) is 21.7 Å². The van der Waals surface area contributed by atoms with Crippen molar-refractivity contribution in [3.63, 3.8) is 0 Å². The summed E-state index contributed by atoms with van der Waals surface area (Å²) in [5.74, 6) is -0.577. The Bertz CT molecular complexity index is 9910. The molecule has 0 radical (unpaired) electrons. The van der Waals surface area contributed by atoms with Crippen LogP contribution in [0, 0.1) is 55.2 Å². The van der Waals surface area contributed by atoms with Crippen molar-refractivity contribution in [1.82, 2.24) is 0 Å². The summed E-state index contributed by atoms with van der Waals surface area (Å²) in [6, 6.07) is 32.2. The third-order valence-electron chi connectivity index (χ3n) is 25.7. The monoisotopic (exact) mass is 1840 g/mol. The molecule has 0 aliphatic carbocycles. The first kappa shape index (κ1) is 52.6. The molecule has 0 bridgehead atoms. The smallest absolute Gasteiger partial charge is 0.260 e. The van der Waals surface area contributed by atoms with Gasteiger partial charge in [-0.15, -0.1) is 0 Å². The second-order valence-electron chi connectivity index (χ2n) is 38.4. The van der Waals surface area contributed by atoms with Crippen molar-refractivity contribution in [2.75, 3.05) is 0 Å². The normalized spacial score (nSPS) is 18.2. The molecule has 0 atom stereocenters. The van der Waals surface area contributed by atoms with Crippen molar-refractivity contribution in [2.45, 2.75) is 160 Å². The van der Waals surface area contributed by atoms with E-state index in [1.165, 1.54) is 38.1 Å². The minimum absolute atomic E-state index is 0.00526. The average Bonchev–Trinajstić information content (AvgIpc) is 0.685. The largest absolute Gasteiger partial charge is 0.458 e. The Morgan fingerprint density at radius 1 is 0.232 bits per heavy atom. The summed E-state index contributed by atoms with van der Waals surface area (Å²) in [5.41, 5.74) is 4.03. The van der Waals surface area contributed by atoms with E-state index in [-0.39, 0.29) is 312 Å². The van der Waals surface area contributed by atoms with Gasteiger partial charge in [0.05, 0.1) is 38.4 Å². The predicted molar refractivity (Wildman–Crippen MR) is 576 cm³/mol. The van der Waals surface area contributed by atoms with Gasteiger partial charge in [0, 0.05) is 53.5 Å². The van der Waals surface area contributed by atoms with E-state index in [2.05, 4.69) is 0 Å². The average molecular weight is 1840 g/mol. The second kappa shape index (κ2) is 33.7. The summed E-state index contributed by atoms with van der Waals surface area (Å²) in [6.07, 6.45) is 0. The van der Waals surface area contributed by atoms with Crippen molar-refractivity contribution in [3.05, 3.63) is 382 Å². The van der Waals surface area contributed by atoms with Crippen molar-refractivity contribution in [1.29, 1.82) is 0 Å². The zero-order chi connectivity index (χ0) is 132. The van der Waals surface area contributed by atoms with E-state index in [1.807, 2.05) is 76.2 Å². The Hall–Kier alpha value is -14.6. The maximum atomic E-state index is 9.52. The Morgan fingerprint density at radius 2 is 0.638 bits per heavy atom. The lowest BCUT2D eigenvalue weighted by Crippen LogP contribution is -2.57. The molecule has 0 amide bonds. The summed E-state index contributed by atoms with van der Waals surface area (Å²) in [6.45, 7) is 7.88. The van der Waals surface area contributed by atoms with Gasteiger partial charge in [0.25, 0.3) is 26.9 Å². The first-order chi connectivity index (χ1) is 84.1. The minimum atomic E-state index is -2.90. The number of hydrogen-bond acceptors (Lipinski definition) is 8. The van der Waals surface area contributed by atoms with Gasteiger partial charge < -0.3 is 37.9 Å². The molecule has 0 spiro atoms. The highest BCUT2D eigenvalue weighted by molar-refractivity contribution is 7.00. The van der Waals surface area contributed by atoms with Crippen LogP contribution in [0.15, 0.2) is 315 Å². The van der Waals surface area contributed by atoms with Gasteiger partial charge in [0.2, 0.25) is 0 Å². The van der Waals surface area contributed by atoms with Crippen LogP contribution in [0.25, 0.3) is 55.6 Å². The summed E-state index contributed by atoms with van der Waals surface area (Å²) in [5, 5.41) is 0. The van der Waals surface area contributed by atoms with Gasteiger partial charge in [0.15, 0.2) is 0 Å². The number of rotatable bonds is 5. The highest BCUT2D eigenvalue weighted by atomic mass is 16.5. The van der Waals surface area contributed by atoms with Gasteiger partial charge in [-0.2, -0.15) is 0 Å². The number of hydrogen-bond donors (Lipinski definition) is 0. The van der Waals surface area contributed by atoms with Crippen LogP contribution < -0.4 is 103 Å². The molecule has 8 heterocycles. The van der Waals surface area contributed by atoms with Gasteiger partial charge in [-0.25, -0.2) is 0 Å². The molecule has 8 aliphatic rings. The fourth-order valence-corrected chi connectivity index (χ4v) is 18.8. The zero-order valence-electron chi connectivity index (χ0n) is 121. The molecular formula is C126H112B4O8. The van der Waals surface area contributed by atoms with E-state index in [9.17, 15) is 11.0 Å². The maximum Gasteiger partial charge on any atom is 0.260 e. The standard InChI is InChI=1S/C35H37BO2.2C32H23BO2.C27H29BO2/c1-20-14-21(2)32(22(3)15-20)23-16-30-33-31(17-23)38-29-13-11-25(35(7,8)9)19-27(29)36(33)26-18-24(34(4,5)6)10-12-28(26)37-30;1-20-8-3-10-22(18-20)24-12-5-14-26-31(24)34-28-16-7-17-29-30(28)33(26)27-15-6-13-25(32(27)35-29)23-11-4-9-21(2)19-23;1-20-8-3-5-10-24(20)22-14-16-26-30(18-22)34-28-12-7-13-29-32(28)33(26)27-17-15-23(19-31(27)35-29)25-11-6-4-9-21(25)2;1-16-12-23-25-24(13-16)30-22-11-9-18(27(5,6)7)15-20(22)28(25)19-14-17(26(2,3)4)8-10-21(19)29-23/h10-19H,1-9H3;2*3-19H,1-2H3;8-15H,1-7H3/i1D3,2D3,10D,11D,12D,13D,16D,17D,18D,19D;5D,6D,7D,12D,13D,14D,15D,16D,17D;7D,12D,13D,14D,15D,16D,17D,18D,19D;2D3,3D3,5D3,12D,13D. The molecule has 0 saturated carbocycles. The van der Waals surface area contributed by atoms with E-state index in [0.717, 1.165) is 28.3 Å². The lowest BCUT2D eigenvalue weighted by atomic mass is 9.34. The van der Waals surface area contributed by atoms with Crippen molar-refractivity contribution < 1.29 is 96.8 Å². The first-order valence-electron chi connectivity index (χ1n) is 66.7. The molecule has 0 unspecified atom stereocenters. The molecule has 17 aromatic carbocycles. The van der Waals surface area contributed by atoms with Crippen molar-refractivity contribution in [2.24, 2.45) is 0 Å². The lowest BCUT2D eigenvalue weighted by Gasteiger charge is -2.35. The van der Waals surface area contributed by atoms with Crippen LogP contribution in [0.5, 0.6) is 92.0 Å². The molecule has 12 heteroatoms. The predicted octanol–water partition coefficient (Wildman–Crippen LogP) is 25.6. The van der Waals surface area contributed by atoms with E-state index < -0.39 is 137 Å². The Labute approximate surface area is 875 Å². The molecule has 8 nitrogen and oxygen atoms in total. The zero-order valence-corrected chi connectivity index (χ0v) is 77.9. The Kier molecular flexibility index (Phi) is 12.9. The van der Waals surface area contributed by atoms with Gasteiger partial charge in [-0.1, -0.05) is 330 Å². The fourth-order valence-electron chi connectivity index (χ4n) is 18.8. The van der Waals surface area contributed by atoms with Gasteiger partial charge >= 0.3 is 0 Å². The highest BCUT2D eigenvalue weighted by Crippen LogP contribution is 2.48. The Balaban J connectivity index is 0.000000131. The van der Waals surface area contributed by atoms with Crippen LogP contribution in [0.4, 0.5) is 0 Å². The topological polar surface area (TPSA) is 73.8 Å². The highest BCUT2D eigenvalue weighted by Gasteiger charge is 2.47. The molecule has 25 rings (SSSR count). The van der Waals surface area contributed by atoms with Crippen LogP contribution in [0.1, 0.15) is 209 Å². The molecule has 8 aliphatic heterocycles. The van der Waals surface area contributed by atoms with Crippen LogP contribution in [0.3, 0.4) is 0 Å². The molecule has 138 heavy (non-hydrogen) atoms. The fraction of sp³-hybridized carbons (Fsp3) is 0.190. The van der Waals surface area contributed by atoms with Crippen LogP contribution in [-0.4, -0.2) is 26.9 Å². The van der Waals surface area contributed by atoms with Gasteiger partial charge in [-0.05, 0) is 300 Å². The molecule has 676 valence electrons. The molecule has 0 fully saturated rings. The van der Waals surface area contributed by atoms with Gasteiger partial charge in [0.1, 0.15) is 92.0 Å². The Morgan fingerprint density at radius 3 is 1.09 bits per heavy atom. The van der Waals surface area contributed by atoms with Crippen molar-refractivity contribution >= 4 is 92.4 Å². The first-order valence-corrected chi connectivity index (χ1v) is 45.2. The summed E-state index contributed by atoms with van der Waals surface area (Å²) < 4.78 is 424. The van der Waals surface area contributed by atoms with Crippen LogP contribution in [0.2, 0.25) is 0 Å². The third-order valence-corrected chi connectivity index (χ3v) is 25.7. The molecule has 0 saturated heterocycles. The molecular weight excluding hydrogens is 1680 g/mol. The number of fused-ring (bicyclic) bond motifs is 16. The van der Waals surface area contributed by atoms with E-state index >= 15 is 0 Å².